The Morgan fingerprint density at radius 3 is 2.71 bits per heavy atom. The fourth-order valence-electron chi connectivity index (χ4n) is 0.994. The Morgan fingerprint density at radius 1 is 1.50 bits per heavy atom. The molecule has 74 valence electrons. The highest BCUT2D eigenvalue weighted by Gasteiger charge is 2.10. The second-order valence-electron chi connectivity index (χ2n) is 2.66. The van der Waals surface area contributed by atoms with E-state index in [2.05, 4.69) is 5.16 Å². The summed E-state index contributed by atoms with van der Waals surface area (Å²) in [6, 6.07) is 6.71. The number of halogens is 1. The zero-order chi connectivity index (χ0) is 10.6. The lowest BCUT2D eigenvalue weighted by Gasteiger charge is -2.00. The molecule has 0 aromatic heterocycles. The average molecular weight is 214 g/mol. The van der Waals surface area contributed by atoms with Gasteiger partial charge in [-0.2, -0.15) is 0 Å². The van der Waals surface area contributed by atoms with Gasteiger partial charge in [0.1, 0.15) is 0 Å². The molecule has 0 spiro atoms. The van der Waals surface area contributed by atoms with Crippen LogP contribution in [0, 0.1) is 0 Å². The molecule has 1 aromatic carbocycles. The van der Waals surface area contributed by atoms with Crippen LogP contribution in [0.2, 0.25) is 5.02 Å². The normalized spacial score (nSPS) is 11.4. The van der Waals surface area contributed by atoms with Gasteiger partial charge in [0, 0.05) is 11.4 Å². The van der Waals surface area contributed by atoms with Crippen molar-refractivity contribution in [2.75, 3.05) is 0 Å². The van der Waals surface area contributed by atoms with E-state index in [9.17, 15) is 4.79 Å². The minimum absolute atomic E-state index is 0.0480. The van der Waals surface area contributed by atoms with Crippen LogP contribution < -0.4 is 0 Å². The van der Waals surface area contributed by atoms with Crippen molar-refractivity contribution >= 4 is 23.3 Å². The van der Waals surface area contributed by atoms with Crippen molar-refractivity contribution in [2.24, 2.45) is 5.16 Å². The molecule has 0 saturated heterocycles. The highest BCUT2D eigenvalue weighted by Crippen LogP contribution is 2.11. The summed E-state index contributed by atoms with van der Waals surface area (Å²) in [6.45, 7) is 0. The zero-order valence-corrected chi connectivity index (χ0v) is 7.90. The molecule has 2 N–H and O–H groups in total. The lowest BCUT2D eigenvalue weighted by Crippen LogP contribution is -2.15. The maximum Gasteiger partial charge on any atom is 0.354 e. The molecular formula is C9H8ClNO3. The van der Waals surface area contributed by atoms with Crippen LogP contribution in [0.5, 0.6) is 0 Å². The average Bonchev–Trinajstić information content (AvgIpc) is 2.14. The van der Waals surface area contributed by atoms with Crippen LogP contribution in [0.25, 0.3) is 0 Å². The molecule has 0 heterocycles. The molecule has 0 aliphatic heterocycles. The lowest BCUT2D eigenvalue weighted by molar-refractivity contribution is -0.129. The Kier molecular flexibility index (Phi) is 3.48. The summed E-state index contributed by atoms with van der Waals surface area (Å²) >= 11 is 5.70. The first-order chi connectivity index (χ1) is 6.63. The molecule has 0 aliphatic carbocycles. The number of carbonyl (C=O) groups is 1. The van der Waals surface area contributed by atoms with Gasteiger partial charge in [0.2, 0.25) is 0 Å². The molecule has 0 unspecified atom stereocenters. The first-order valence-electron chi connectivity index (χ1n) is 3.82. The van der Waals surface area contributed by atoms with Crippen LogP contribution in [0.3, 0.4) is 0 Å². The highest BCUT2D eigenvalue weighted by atomic mass is 35.5. The minimum atomic E-state index is -1.24. The van der Waals surface area contributed by atoms with Gasteiger partial charge >= 0.3 is 5.97 Å². The van der Waals surface area contributed by atoms with E-state index in [1.807, 2.05) is 0 Å². The second-order valence-corrected chi connectivity index (χ2v) is 3.09. The van der Waals surface area contributed by atoms with E-state index in [-0.39, 0.29) is 12.1 Å². The van der Waals surface area contributed by atoms with Gasteiger partial charge in [-0.05, 0) is 17.7 Å². The first kappa shape index (κ1) is 10.5. The number of benzene rings is 1. The molecule has 0 fully saturated rings. The molecule has 0 radical (unpaired) electrons. The van der Waals surface area contributed by atoms with Gasteiger partial charge in [0.15, 0.2) is 5.71 Å². The number of oxime groups is 1. The number of carboxylic acids is 1. The molecule has 14 heavy (non-hydrogen) atoms. The lowest BCUT2D eigenvalue weighted by atomic mass is 10.1. The van der Waals surface area contributed by atoms with Gasteiger partial charge in [-0.15, -0.1) is 0 Å². The quantitative estimate of drug-likeness (QED) is 0.457. The topological polar surface area (TPSA) is 69.9 Å². The number of hydrogen-bond donors (Lipinski definition) is 2. The van der Waals surface area contributed by atoms with Crippen LogP contribution in [0.1, 0.15) is 5.56 Å². The van der Waals surface area contributed by atoms with Crippen molar-refractivity contribution in [3.63, 3.8) is 0 Å². The van der Waals surface area contributed by atoms with E-state index in [1.54, 1.807) is 24.3 Å². The molecular weight excluding hydrogens is 206 g/mol. The second kappa shape index (κ2) is 4.62. The smallest absolute Gasteiger partial charge is 0.354 e. The summed E-state index contributed by atoms with van der Waals surface area (Å²) in [5.74, 6) is -1.24. The Balaban J connectivity index is 2.83. The number of nitrogens with zero attached hydrogens (tertiary/aromatic N) is 1. The predicted molar refractivity (Wildman–Crippen MR) is 52.0 cm³/mol. The SMILES string of the molecule is O=C(O)/C(Cc1cccc(Cl)c1)=N\O. The standard InChI is InChI=1S/C9H8ClNO3/c10-7-3-1-2-6(4-7)5-8(11-14)9(12)13/h1-4,14H,5H2,(H,12,13)/b11-8-. The first-order valence-corrected chi connectivity index (χ1v) is 4.20. The number of carboxylic acid groups (broad SMARTS) is 1. The van der Waals surface area contributed by atoms with Gasteiger partial charge < -0.3 is 10.3 Å². The highest BCUT2D eigenvalue weighted by molar-refractivity contribution is 6.36. The molecule has 0 amide bonds. The predicted octanol–water partition coefficient (Wildman–Crippen LogP) is 1.80. The van der Waals surface area contributed by atoms with Gasteiger partial charge in [-0.25, -0.2) is 4.79 Å². The van der Waals surface area contributed by atoms with Crippen molar-refractivity contribution < 1.29 is 15.1 Å². The summed E-state index contributed by atoms with van der Waals surface area (Å²) < 4.78 is 0. The fraction of sp³-hybridized carbons (Fsp3) is 0.111. The van der Waals surface area contributed by atoms with Gasteiger partial charge in [-0.1, -0.05) is 28.9 Å². The van der Waals surface area contributed by atoms with Gasteiger partial charge in [0.05, 0.1) is 0 Å². The van der Waals surface area contributed by atoms with Crippen LogP contribution in [-0.4, -0.2) is 22.0 Å². The zero-order valence-electron chi connectivity index (χ0n) is 7.14. The Hall–Kier alpha value is -1.55. The summed E-state index contributed by atoms with van der Waals surface area (Å²) in [5, 5.41) is 20.2. The van der Waals surface area contributed by atoms with Crippen LogP contribution in [0.4, 0.5) is 0 Å². The third-order valence-corrected chi connectivity index (χ3v) is 1.86. The molecule has 4 nitrogen and oxygen atoms in total. The summed E-state index contributed by atoms with van der Waals surface area (Å²) in [6.07, 6.45) is 0.0480. The van der Waals surface area contributed by atoms with Crippen LogP contribution in [0.15, 0.2) is 29.4 Å². The molecule has 1 rings (SSSR count). The number of aliphatic carboxylic acids is 1. The number of rotatable bonds is 3. The van der Waals surface area contributed by atoms with Crippen molar-refractivity contribution in [1.29, 1.82) is 0 Å². The number of hydrogen-bond acceptors (Lipinski definition) is 3. The summed E-state index contributed by atoms with van der Waals surface area (Å²) in [4.78, 5) is 10.5. The van der Waals surface area contributed by atoms with E-state index in [1.165, 1.54) is 0 Å². The monoisotopic (exact) mass is 213 g/mol. The molecule has 0 atom stereocenters. The fourth-order valence-corrected chi connectivity index (χ4v) is 1.21. The summed E-state index contributed by atoms with van der Waals surface area (Å²) in [7, 11) is 0. The van der Waals surface area contributed by atoms with E-state index in [0.29, 0.717) is 10.6 Å². The van der Waals surface area contributed by atoms with Gasteiger partial charge in [-0.3, -0.25) is 0 Å². The van der Waals surface area contributed by atoms with Crippen LogP contribution in [-0.2, 0) is 11.2 Å². The van der Waals surface area contributed by atoms with Crippen molar-refractivity contribution in [3.05, 3.63) is 34.9 Å². The van der Waals surface area contributed by atoms with E-state index in [4.69, 9.17) is 21.9 Å². The maximum absolute atomic E-state index is 10.5. The molecule has 0 saturated carbocycles. The largest absolute Gasteiger partial charge is 0.477 e. The molecule has 1 aromatic rings. The summed E-state index contributed by atoms with van der Waals surface area (Å²) in [5.41, 5.74) is 0.375. The maximum atomic E-state index is 10.5. The van der Waals surface area contributed by atoms with Crippen molar-refractivity contribution in [3.8, 4) is 0 Å². The van der Waals surface area contributed by atoms with E-state index < -0.39 is 5.97 Å². The Bertz CT molecular complexity index is 376. The Labute approximate surface area is 85.4 Å². The Morgan fingerprint density at radius 2 is 2.21 bits per heavy atom. The van der Waals surface area contributed by atoms with Gasteiger partial charge in [0.25, 0.3) is 0 Å². The van der Waals surface area contributed by atoms with Crippen molar-refractivity contribution in [1.82, 2.24) is 0 Å². The minimum Gasteiger partial charge on any atom is -0.477 e. The van der Waals surface area contributed by atoms with E-state index >= 15 is 0 Å². The van der Waals surface area contributed by atoms with E-state index in [0.717, 1.165) is 0 Å². The molecule has 0 aliphatic rings. The van der Waals surface area contributed by atoms with Crippen LogP contribution >= 0.6 is 11.6 Å². The third kappa shape index (κ3) is 2.74. The van der Waals surface area contributed by atoms with Crippen molar-refractivity contribution in [2.45, 2.75) is 6.42 Å². The third-order valence-electron chi connectivity index (χ3n) is 1.63. The molecule has 5 heteroatoms. The molecule has 0 bridgehead atoms.